The second-order valence-electron chi connectivity index (χ2n) is 8.49. The maximum atomic E-state index is 5.52. The van der Waals surface area contributed by atoms with Crippen LogP contribution in [0, 0.1) is 0 Å². The Morgan fingerprint density at radius 3 is 2.13 bits per heavy atom. The van der Waals surface area contributed by atoms with Gasteiger partial charge in [-0.05, 0) is 65.5 Å². The molecule has 0 fully saturated rings. The van der Waals surface area contributed by atoms with Crippen molar-refractivity contribution in [3.8, 4) is 0 Å². The van der Waals surface area contributed by atoms with Crippen molar-refractivity contribution in [3.63, 3.8) is 0 Å². The Bertz CT molecular complexity index is 943. The number of hydrogen-bond donors (Lipinski definition) is 2. The van der Waals surface area contributed by atoms with Gasteiger partial charge in [-0.2, -0.15) is 0 Å². The fourth-order valence-corrected chi connectivity index (χ4v) is 4.26. The number of rotatable bonds is 6. The van der Waals surface area contributed by atoms with E-state index in [0.29, 0.717) is 5.11 Å². The van der Waals surface area contributed by atoms with Crippen LogP contribution in [0.1, 0.15) is 50.4 Å². The molecule has 0 aliphatic carbocycles. The van der Waals surface area contributed by atoms with Crippen LogP contribution in [0.25, 0.3) is 0 Å². The van der Waals surface area contributed by atoms with Crippen LogP contribution in [0.5, 0.6) is 0 Å². The molecule has 3 aromatic rings. The van der Waals surface area contributed by atoms with Crippen molar-refractivity contribution in [2.75, 3.05) is 5.32 Å². The minimum Gasteiger partial charge on any atom is -0.356 e. The third-order valence-electron chi connectivity index (χ3n) is 4.98. The molecule has 2 nitrogen and oxygen atoms in total. The van der Waals surface area contributed by atoms with E-state index in [2.05, 4.69) is 111 Å². The zero-order valence-electron chi connectivity index (χ0n) is 18.1. The van der Waals surface area contributed by atoms with Crippen molar-refractivity contribution in [1.82, 2.24) is 5.32 Å². The Morgan fingerprint density at radius 1 is 0.900 bits per heavy atom. The average molecular weight is 435 g/mol. The highest BCUT2D eigenvalue weighted by molar-refractivity contribution is 7.98. The van der Waals surface area contributed by atoms with E-state index in [4.69, 9.17) is 12.2 Å². The first-order valence-corrected chi connectivity index (χ1v) is 11.7. The van der Waals surface area contributed by atoms with Gasteiger partial charge in [-0.3, -0.25) is 0 Å². The van der Waals surface area contributed by atoms with E-state index in [1.807, 2.05) is 17.8 Å². The van der Waals surface area contributed by atoms with Crippen LogP contribution >= 0.6 is 24.0 Å². The van der Waals surface area contributed by atoms with Crippen molar-refractivity contribution < 1.29 is 0 Å². The lowest BCUT2D eigenvalue weighted by Crippen LogP contribution is -2.30. The van der Waals surface area contributed by atoms with E-state index in [9.17, 15) is 0 Å². The molecular weight excluding hydrogens is 404 g/mol. The summed E-state index contributed by atoms with van der Waals surface area (Å²) in [4.78, 5) is 1.29. The number of thioether (sulfide) groups is 1. The summed E-state index contributed by atoms with van der Waals surface area (Å²) in [6.45, 7) is 8.82. The Morgan fingerprint density at radius 2 is 1.53 bits per heavy atom. The Balaban J connectivity index is 1.50. The lowest BCUT2D eigenvalue weighted by Gasteiger charge is -2.21. The molecule has 0 saturated heterocycles. The molecule has 0 radical (unpaired) electrons. The fraction of sp³-hybridized carbons (Fsp3) is 0.269. The Hall–Kier alpha value is -2.30. The molecule has 3 aromatic carbocycles. The lowest BCUT2D eigenvalue weighted by atomic mass is 9.86. The molecule has 0 bridgehead atoms. The van der Waals surface area contributed by atoms with Crippen molar-refractivity contribution in [2.24, 2.45) is 0 Å². The van der Waals surface area contributed by atoms with Crippen molar-refractivity contribution in [2.45, 2.75) is 49.8 Å². The minimum atomic E-state index is 0.139. The number of hydrogen-bond acceptors (Lipinski definition) is 2. The predicted molar refractivity (Wildman–Crippen MR) is 135 cm³/mol. The van der Waals surface area contributed by atoms with Gasteiger partial charge in [0.15, 0.2) is 5.11 Å². The maximum absolute atomic E-state index is 5.52. The minimum absolute atomic E-state index is 0.139. The van der Waals surface area contributed by atoms with Crippen molar-refractivity contribution in [3.05, 3.63) is 95.6 Å². The highest BCUT2D eigenvalue weighted by Gasteiger charge is 2.14. The molecule has 156 valence electrons. The van der Waals surface area contributed by atoms with Crippen LogP contribution in [-0.4, -0.2) is 5.11 Å². The molecule has 0 aromatic heterocycles. The molecule has 0 aliphatic rings. The van der Waals surface area contributed by atoms with Gasteiger partial charge in [0, 0.05) is 16.3 Å². The van der Waals surface area contributed by atoms with Crippen LogP contribution < -0.4 is 10.6 Å². The summed E-state index contributed by atoms with van der Waals surface area (Å²) in [6, 6.07) is 27.8. The molecular formula is C26H30N2S2. The summed E-state index contributed by atoms with van der Waals surface area (Å²) in [5.41, 5.74) is 5.01. The van der Waals surface area contributed by atoms with E-state index in [1.165, 1.54) is 21.6 Å². The normalized spacial score (nSPS) is 12.3. The molecule has 0 aliphatic heterocycles. The fourth-order valence-electron chi connectivity index (χ4n) is 3.09. The lowest BCUT2D eigenvalue weighted by molar-refractivity contribution is 0.589. The first-order chi connectivity index (χ1) is 14.3. The van der Waals surface area contributed by atoms with Crippen LogP contribution in [-0.2, 0) is 11.2 Å². The topological polar surface area (TPSA) is 24.1 Å². The maximum Gasteiger partial charge on any atom is 0.171 e. The van der Waals surface area contributed by atoms with Crippen molar-refractivity contribution in [1.29, 1.82) is 0 Å². The van der Waals surface area contributed by atoms with E-state index >= 15 is 0 Å². The van der Waals surface area contributed by atoms with Crippen LogP contribution in [0.15, 0.2) is 83.8 Å². The number of nitrogens with one attached hydrogen (secondary N) is 2. The molecule has 0 saturated carbocycles. The average Bonchev–Trinajstić information content (AvgIpc) is 2.73. The molecule has 2 N–H and O–H groups in total. The van der Waals surface area contributed by atoms with E-state index < -0.39 is 0 Å². The van der Waals surface area contributed by atoms with Gasteiger partial charge in [-0.15, -0.1) is 11.8 Å². The van der Waals surface area contributed by atoms with Gasteiger partial charge in [0.2, 0.25) is 0 Å². The quantitative estimate of drug-likeness (QED) is 0.313. The van der Waals surface area contributed by atoms with Gasteiger partial charge in [-0.1, -0.05) is 75.4 Å². The highest BCUT2D eigenvalue weighted by atomic mass is 32.2. The molecule has 1 unspecified atom stereocenters. The molecule has 1 atom stereocenters. The summed E-state index contributed by atoms with van der Waals surface area (Å²) in [7, 11) is 0. The summed E-state index contributed by atoms with van der Waals surface area (Å²) in [5, 5.41) is 7.31. The monoisotopic (exact) mass is 434 g/mol. The Labute approximate surface area is 190 Å². The largest absolute Gasteiger partial charge is 0.356 e. The summed E-state index contributed by atoms with van der Waals surface area (Å²) < 4.78 is 0. The van der Waals surface area contributed by atoms with Crippen LogP contribution in [0.4, 0.5) is 5.69 Å². The standard InChI is InChI=1S/C26H30N2S2/c1-19(21-12-14-22(15-13-21)26(2,3)4)27-25(29)28-23-16-10-20(11-17-23)18-30-24-8-6-5-7-9-24/h5-17,19H,18H2,1-4H3,(H2,27,28,29). The van der Waals surface area contributed by atoms with Gasteiger partial charge in [0.25, 0.3) is 0 Å². The number of benzene rings is 3. The molecule has 3 rings (SSSR count). The van der Waals surface area contributed by atoms with Gasteiger partial charge >= 0.3 is 0 Å². The first-order valence-electron chi connectivity index (χ1n) is 10.3. The van der Waals surface area contributed by atoms with E-state index in [1.54, 1.807) is 0 Å². The molecule has 0 heterocycles. The van der Waals surface area contributed by atoms with E-state index in [-0.39, 0.29) is 11.5 Å². The highest BCUT2D eigenvalue weighted by Crippen LogP contribution is 2.25. The van der Waals surface area contributed by atoms with Crippen molar-refractivity contribution >= 4 is 34.8 Å². The summed E-state index contributed by atoms with van der Waals surface area (Å²) in [6.07, 6.45) is 0. The predicted octanol–water partition coefficient (Wildman–Crippen LogP) is 7.32. The Kier molecular flexibility index (Phi) is 7.57. The van der Waals surface area contributed by atoms with Gasteiger partial charge < -0.3 is 10.6 Å². The zero-order chi connectivity index (χ0) is 21.6. The SMILES string of the molecule is CC(NC(=S)Nc1ccc(CSc2ccccc2)cc1)c1ccc(C(C)(C)C)cc1. The molecule has 0 amide bonds. The van der Waals surface area contributed by atoms with Crippen LogP contribution in [0.3, 0.4) is 0 Å². The first kappa shape index (κ1) is 22.4. The number of anilines is 1. The molecule has 30 heavy (non-hydrogen) atoms. The zero-order valence-corrected chi connectivity index (χ0v) is 19.7. The third kappa shape index (κ3) is 6.61. The van der Waals surface area contributed by atoms with E-state index in [0.717, 1.165) is 11.4 Å². The smallest absolute Gasteiger partial charge is 0.171 e. The third-order valence-corrected chi connectivity index (χ3v) is 6.29. The summed E-state index contributed by atoms with van der Waals surface area (Å²) in [5.74, 6) is 0.953. The van der Waals surface area contributed by atoms with Gasteiger partial charge in [0.1, 0.15) is 0 Å². The molecule has 0 spiro atoms. The van der Waals surface area contributed by atoms with Gasteiger partial charge in [-0.25, -0.2) is 0 Å². The second-order valence-corrected chi connectivity index (χ2v) is 9.95. The van der Waals surface area contributed by atoms with Gasteiger partial charge in [0.05, 0.1) is 6.04 Å². The second kappa shape index (κ2) is 10.1. The van der Waals surface area contributed by atoms with Crippen LogP contribution in [0.2, 0.25) is 0 Å². The summed E-state index contributed by atoms with van der Waals surface area (Å²) >= 11 is 7.36. The molecule has 4 heteroatoms. The number of thiocarbonyl (C=S) groups is 1.